The van der Waals surface area contributed by atoms with Crippen LogP contribution in [0.5, 0.6) is 0 Å². The molecular formula is C8H14O4. The zero-order valence-electron chi connectivity index (χ0n) is 7.32. The first-order valence-electron chi connectivity index (χ1n) is 4.09. The van der Waals surface area contributed by atoms with Gasteiger partial charge in [-0.1, -0.05) is 13.8 Å². The Bertz CT molecular complexity index is 166. The Morgan fingerprint density at radius 2 is 2.00 bits per heavy atom. The number of hydrogen-bond donors (Lipinski definition) is 1. The molecule has 1 rings (SSSR count). The fourth-order valence-corrected chi connectivity index (χ4v) is 1.30. The van der Waals surface area contributed by atoms with E-state index in [0.717, 1.165) is 0 Å². The summed E-state index contributed by atoms with van der Waals surface area (Å²) in [5.41, 5.74) is 0. The Morgan fingerprint density at radius 3 is 2.42 bits per heavy atom. The van der Waals surface area contributed by atoms with Gasteiger partial charge in [-0.25, -0.2) is 4.79 Å². The van der Waals surface area contributed by atoms with E-state index >= 15 is 0 Å². The maximum atomic E-state index is 10.7. The van der Waals surface area contributed by atoms with Gasteiger partial charge >= 0.3 is 5.97 Å². The van der Waals surface area contributed by atoms with Crippen molar-refractivity contribution >= 4 is 5.97 Å². The van der Waals surface area contributed by atoms with Gasteiger partial charge in [0.05, 0.1) is 19.3 Å². The first-order valence-corrected chi connectivity index (χ1v) is 4.09. The lowest BCUT2D eigenvalue weighted by molar-refractivity contribution is -0.186. The van der Waals surface area contributed by atoms with E-state index in [4.69, 9.17) is 14.6 Å². The molecular weight excluding hydrogens is 160 g/mol. The van der Waals surface area contributed by atoms with Crippen LogP contribution in [0, 0.1) is 5.92 Å². The van der Waals surface area contributed by atoms with E-state index in [0.29, 0.717) is 13.2 Å². The summed E-state index contributed by atoms with van der Waals surface area (Å²) in [5.74, 6) is -0.764. The smallest absolute Gasteiger partial charge is 0.335 e. The first kappa shape index (κ1) is 9.48. The summed E-state index contributed by atoms with van der Waals surface area (Å²) in [7, 11) is 0. The SMILES string of the molecule is CC(C)[C@@H]1OCCO[C@@H]1C(=O)O. The van der Waals surface area contributed by atoms with Gasteiger partial charge in [0.2, 0.25) is 0 Å². The van der Waals surface area contributed by atoms with E-state index in [1.807, 2.05) is 13.8 Å². The average Bonchev–Trinajstić information content (AvgIpc) is 2.04. The van der Waals surface area contributed by atoms with Crippen LogP contribution >= 0.6 is 0 Å². The van der Waals surface area contributed by atoms with E-state index in [1.165, 1.54) is 0 Å². The van der Waals surface area contributed by atoms with Crippen molar-refractivity contribution in [2.45, 2.75) is 26.1 Å². The van der Waals surface area contributed by atoms with Crippen LogP contribution in [-0.2, 0) is 14.3 Å². The zero-order valence-corrected chi connectivity index (χ0v) is 7.32. The van der Waals surface area contributed by atoms with Crippen LogP contribution in [0.3, 0.4) is 0 Å². The van der Waals surface area contributed by atoms with Crippen molar-refractivity contribution in [1.29, 1.82) is 0 Å². The van der Waals surface area contributed by atoms with Gasteiger partial charge in [0.25, 0.3) is 0 Å². The summed E-state index contributed by atoms with van der Waals surface area (Å²) >= 11 is 0. The van der Waals surface area contributed by atoms with Crippen molar-refractivity contribution in [1.82, 2.24) is 0 Å². The molecule has 0 aromatic heterocycles. The van der Waals surface area contributed by atoms with Gasteiger partial charge in [-0.2, -0.15) is 0 Å². The molecule has 0 aromatic carbocycles. The predicted octanol–water partition coefficient (Wildman–Crippen LogP) is 0.511. The molecule has 0 bridgehead atoms. The molecule has 1 heterocycles. The summed E-state index contributed by atoms with van der Waals surface area (Å²) < 4.78 is 10.4. The monoisotopic (exact) mass is 174 g/mol. The second-order valence-corrected chi connectivity index (χ2v) is 3.21. The molecule has 0 aromatic rings. The third-order valence-corrected chi connectivity index (χ3v) is 1.89. The Kier molecular flexibility index (Phi) is 3.05. The van der Waals surface area contributed by atoms with Crippen molar-refractivity contribution in [3.63, 3.8) is 0 Å². The van der Waals surface area contributed by atoms with Gasteiger partial charge in [0, 0.05) is 0 Å². The maximum absolute atomic E-state index is 10.7. The van der Waals surface area contributed by atoms with Crippen molar-refractivity contribution in [2.75, 3.05) is 13.2 Å². The lowest BCUT2D eigenvalue weighted by Gasteiger charge is -2.31. The van der Waals surface area contributed by atoms with Crippen molar-refractivity contribution in [3.05, 3.63) is 0 Å². The Labute approximate surface area is 71.5 Å². The first-order chi connectivity index (χ1) is 5.63. The standard InChI is InChI=1S/C8H14O4/c1-5(2)6-7(8(9)10)12-4-3-11-6/h5-7H,3-4H2,1-2H3,(H,9,10)/t6-,7-/m0/s1. The molecule has 4 heteroatoms. The van der Waals surface area contributed by atoms with Crippen LogP contribution in [-0.4, -0.2) is 36.5 Å². The Balaban J connectivity index is 2.60. The maximum Gasteiger partial charge on any atom is 0.335 e. The molecule has 70 valence electrons. The van der Waals surface area contributed by atoms with Crippen molar-refractivity contribution in [3.8, 4) is 0 Å². The van der Waals surface area contributed by atoms with Crippen LogP contribution in [0.1, 0.15) is 13.8 Å². The molecule has 0 radical (unpaired) electrons. The fraction of sp³-hybridized carbons (Fsp3) is 0.875. The molecule has 0 aliphatic carbocycles. The lowest BCUT2D eigenvalue weighted by atomic mass is 10.0. The molecule has 4 nitrogen and oxygen atoms in total. The Morgan fingerprint density at radius 1 is 1.42 bits per heavy atom. The van der Waals surface area contributed by atoms with Crippen LogP contribution in [0.15, 0.2) is 0 Å². The summed E-state index contributed by atoms with van der Waals surface area (Å²) in [6.07, 6.45) is -1.10. The van der Waals surface area contributed by atoms with E-state index in [2.05, 4.69) is 0 Å². The van der Waals surface area contributed by atoms with E-state index < -0.39 is 12.1 Å². The highest BCUT2D eigenvalue weighted by Gasteiger charge is 2.34. The lowest BCUT2D eigenvalue weighted by Crippen LogP contribution is -2.46. The average molecular weight is 174 g/mol. The van der Waals surface area contributed by atoms with Crippen LogP contribution in [0.4, 0.5) is 0 Å². The van der Waals surface area contributed by atoms with Crippen LogP contribution in [0.25, 0.3) is 0 Å². The van der Waals surface area contributed by atoms with Gasteiger partial charge < -0.3 is 14.6 Å². The molecule has 1 N–H and O–H groups in total. The molecule has 1 saturated heterocycles. The van der Waals surface area contributed by atoms with Gasteiger partial charge in [-0.3, -0.25) is 0 Å². The highest BCUT2D eigenvalue weighted by atomic mass is 16.6. The summed E-state index contributed by atoms with van der Waals surface area (Å²) in [6, 6.07) is 0. The number of rotatable bonds is 2. The second-order valence-electron chi connectivity index (χ2n) is 3.21. The third kappa shape index (κ3) is 1.95. The van der Waals surface area contributed by atoms with E-state index in [-0.39, 0.29) is 12.0 Å². The molecule has 0 unspecified atom stereocenters. The molecule has 12 heavy (non-hydrogen) atoms. The number of carbonyl (C=O) groups is 1. The molecule has 1 aliphatic rings. The minimum Gasteiger partial charge on any atom is -0.479 e. The molecule has 2 atom stereocenters. The normalized spacial score (nSPS) is 30.6. The minimum absolute atomic E-state index is 0.173. The predicted molar refractivity (Wildman–Crippen MR) is 42.0 cm³/mol. The second kappa shape index (κ2) is 3.87. The van der Waals surface area contributed by atoms with Gasteiger partial charge in [-0.05, 0) is 5.92 Å². The quantitative estimate of drug-likeness (QED) is 0.662. The number of hydrogen-bond acceptors (Lipinski definition) is 3. The highest BCUT2D eigenvalue weighted by molar-refractivity contribution is 5.73. The van der Waals surface area contributed by atoms with E-state index in [1.54, 1.807) is 0 Å². The molecule has 1 aliphatic heterocycles. The summed E-state index contributed by atoms with van der Waals surface area (Å²) in [6.45, 7) is 4.72. The third-order valence-electron chi connectivity index (χ3n) is 1.89. The van der Waals surface area contributed by atoms with Gasteiger partial charge in [0.15, 0.2) is 6.10 Å². The van der Waals surface area contributed by atoms with Crippen molar-refractivity contribution < 1.29 is 19.4 Å². The van der Waals surface area contributed by atoms with Gasteiger partial charge in [-0.15, -0.1) is 0 Å². The fourth-order valence-electron chi connectivity index (χ4n) is 1.30. The molecule has 0 spiro atoms. The number of ether oxygens (including phenoxy) is 2. The number of carboxylic acids is 1. The summed E-state index contributed by atoms with van der Waals surface area (Å²) in [4.78, 5) is 10.7. The number of aliphatic carboxylic acids is 1. The minimum atomic E-state index is -0.937. The summed E-state index contributed by atoms with van der Waals surface area (Å²) in [5, 5.41) is 8.75. The topological polar surface area (TPSA) is 55.8 Å². The zero-order chi connectivity index (χ0) is 9.14. The van der Waals surface area contributed by atoms with E-state index in [9.17, 15) is 4.79 Å². The molecule has 0 amide bonds. The molecule has 1 fully saturated rings. The van der Waals surface area contributed by atoms with Gasteiger partial charge in [0.1, 0.15) is 0 Å². The largest absolute Gasteiger partial charge is 0.479 e. The Hall–Kier alpha value is -0.610. The van der Waals surface area contributed by atoms with Crippen LogP contribution in [0.2, 0.25) is 0 Å². The van der Waals surface area contributed by atoms with Crippen LogP contribution < -0.4 is 0 Å². The highest BCUT2D eigenvalue weighted by Crippen LogP contribution is 2.17. The van der Waals surface area contributed by atoms with Crippen molar-refractivity contribution in [2.24, 2.45) is 5.92 Å². The number of carboxylic acid groups (broad SMARTS) is 1. The molecule has 0 saturated carbocycles.